The first-order valence-electron chi connectivity index (χ1n) is 7.56. The van der Waals surface area contributed by atoms with Gasteiger partial charge >= 0.3 is 0 Å². The third kappa shape index (κ3) is 2.97. The van der Waals surface area contributed by atoms with Crippen LogP contribution in [-0.2, 0) is 0 Å². The molecule has 4 heteroatoms. The summed E-state index contributed by atoms with van der Waals surface area (Å²) in [6.07, 6.45) is 1.76. The molecule has 1 atom stereocenters. The standard InChI is InChI=1S/C18H21N3O/c1-22-17-9-7-14(8-10-17)18-13-15(11-12-19)20-21(18)16-5-3-2-4-6-16/h2-10,18H,11-13,19H2,1H3. The fourth-order valence-electron chi connectivity index (χ4n) is 2.79. The topological polar surface area (TPSA) is 50.9 Å². The maximum Gasteiger partial charge on any atom is 0.118 e. The minimum absolute atomic E-state index is 0.217. The summed E-state index contributed by atoms with van der Waals surface area (Å²) >= 11 is 0. The fraction of sp³-hybridized carbons (Fsp3) is 0.278. The molecule has 2 aromatic carbocycles. The van der Waals surface area contributed by atoms with Crippen molar-refractivity contribution in [3.8, 4) is 5.75 Å². The Morgan fingerprint density at radius 3 is 2.50 bits per heavy atom. The molecule has 0 spiro atoms. The van der Waals surface area contributed by atoms with E-state index < -0.39 is 0 Å². The van der Waals surface area contributed by atoms with Crippen LogP contribution in [-0.4, -0.2) is 19.4 Å². The van der Waals surface area contributed by atoms with E-state index >= 15 is 0 Å². The highest BCUT2D eigenvalue weighted by atomic mass is 16.5. The van der Waals surface area contributed by atoms with Crippen LogP contribution < -0.4 is 15.5 Å². The van der Waals surface area contributed by atoms with Gasteiger partial charge in [-0.05, 0) is 42.8 Å². The molecule has 1 heterocycles. The van der Waals surface area contributed by atoms with Crippen LogP contribution in [0.1, 0.15) is 24.4 Å². The maximum absolute atomic E-state index is 5.70. The van der Waals surface area contributed by atoms with E-state index in [4.69, 9.17) is 15.6 Å². The van der Waals surface area contributed by atoms with E-state index in [1.807, 2.05) is 30.3 Å². The van der Waals surface area contributed by atoms with Gasteiger partial charge in [0, 0.05) is 12.1 Å². The molecular formula is C18H21N3O. The number of para-hydroxylation sites is 1. The van der Waals surface area contributed by atoms with E-state index in [1.54, 1.807) is 7.11 Å². The lowest BCUT2D eigenvalue weighted by molar-refractivity contribution is 0.414. The summed E-state index contributed by atoms with van der Waals surface area (Å²) in [6.45, 7) is 0.636. The van der Waals surface area contributed by atoms with Gasteiger partial charge in [-0.3, -0.25) is 5.01 Å². The summed E-state index contributed by atoms with van der Waals surface area (Å²) in [6, 6.07) is 18.7. The Bertz CT molecular complexity index is 637. The number of benzene rings is 2. The van der Waals surface area contributed by atoms with Crippen LogP contribution in [0.15, 0.2) is 59.7 Å². The van der Waals surface area contributed by atoms with Gasteiger partial charge < -0.3 is 10.5 Å². The van der Waals surface area contributed by atoms with E-state index in [0.29, 0.717) is 6.54 Å². The van der Waals surface area contributed by atoms with Gasteiger partial charge in [-0.15, -0.1) is 0 Å². The number of ether oxygens (including phenoxy) is 1. The second kappa shape index (κ2) is 6.62. The highest BCUT2D eigenvalue weighted by Gasteiger charge is 2.28. The Kier molecular flexibility index (Phi) is 4.39. The van der Waals surface area contributed by atoms with Gasteiger partial charge in [0.1, 0.15) is 5.75 Å². The van der Waals surface area contributed by atoms with Gasteiger partial charge in [-0.25, -0.2) is 0 Å². The average Bonchev–Trinajstić information content (AvgIpc) is 3.00. The summed E-state index contributed by atoms with van der Waals surface area (Å²) in [5.74, 6) is 0.871. The van der Waals surface area contributed by atoms with Crippen LogP contribution in [0.4, 0.5) is 5.69 Å². The van der Waals surface area contributed by atoms with Crippen LogP contribution in [0.2, 0.25) is 0 Å². The van der Waals surface area contributed by atoms with Crippen molar-refractivity contribution in [1.82, 2.24) is 0 Å². The Hall–Kier alpha value is -2.33. The summed E-state index contributed by atoms with van der Waals surface area (Å²) in [5, 5.41) is 6.89. The quantitative estimate of drug-likeness (QED) is 0.920. The van der Waals surface area contributed by atoms with Gasteiger partial charge in [0.25, 0.3) is 0 Å². The number of hydrogen-bond donors (Lipinski definition) is 1. The molecule has 4 nitrogen and oxygen atoms in total. The first kappa shape index (κ1) is 14.6. The Balaban J connectivity index is 1.91. The molecule has 0 aromatic heterocycles. The minimum Gasteiger partial charge on any atom is -0.497 e. The molecule has 0 saturated heterocycles. The van der Waals surface area contributed by atoms with E-state index in [-0.39, 0.29) is 6.04 Å². The van der Waals surface area contributed by atoms with Gasteiger partial charge in [0.2, 0.25) is 0 Å². The van der Waals surface area contributed by atoms with E-state index in [1.165, 1.54) is 5.56 Å². The molecule has 0 saturated carbocycles. The molecule has 1 aliphatic heterocycles. The third-order valence-corrected chi connectivity index (χ3v) is 3.93. The summed E-state index contributed by atoms with van der Waals surface area (Å²) < 4.78 is 5.24. The zero-order valence-electron chi connectivity index (χ0n) is 12.8. The van der Waals surface area contributed by atoms with Gasteiger partial charge in [0.05, 0.1) is 18.8 Å². The molecule has 0 radical (unpaired) electrons. The van der Waals surface area contributed by atoms with Crippen molar-refractivity contribution in [3.63, 3.8) is 0 Å². The summed E-state index contributed by atoms with van der Waals surface area (Å²) in [7, 11) is 1.68. The van der Waals surface area contributed by atoms with Gasteiger partial charge in [0.15, 0.2) is 0 Å². The van der Waals surface area contributed by atoms with E-state index in [2.05, 4.69) is 29.3 Å². The molecule has 3 rings (SSSR count). The van der Waals surface area contributed by atoms with E-state index in [0.717, 1.165) is 30.0 Å². The van der Waals surface area contributed by atoms with Crippen molar-refractivity contribution in [3.05, 3.63) is 60.2 Å². The van der Waals surface area contributed by atoms with Crippen molar-refractivity contribution in [2.45, 2.75) is 18.9 Å². The number of hydrogen-bond acceptors (Lipinski definition) is 4. The molecule has 0 amide bonds. The minimum atomic E-state index is 0.217. The molecule has 2 aromatic rings. The molecule has 2 N–H and O–H groups in total. The zero-order chi connectivity index (χ0) is 15.4. The molecule has 22 heavy (non-hydrogen) atoms. The SMILES string of the molecule is COc1ccc(C2CC(CCN)=NN2c2ccccc2)cc1. The van der Waals surface area contributed by atoms with Crippen LogP contribution in [0.3, 0.4) is 0 Å². The summed E-state index contributed by atoms with van der Waals surface area (Å²) in [4.78, 5) is 0. The zero-order valence-corrected chi connectivity index (χ0v) is 12.8. The van der Waals surface area contributed by atoms with Crippen LogP contribution in [0.5, 0.6) is 5.75 Å². The second-order valence-corrected chi connectivity index (χ2v) is 5.38. The third-order valence-electron chi connectivity index (χ3n) is 3.93. The van der Waals surface area contributed by atoms with E-state index in [9.17, 15) is 0 Å². The Morgan fingerprint density at radius 1 is 1.14 bits per heavy atom. The normalized spacial score (nSPS) is 17.5. The largest absolute Gasteiger partial charge is 0.497 e. The van der Waals surface area contributed by atoms with Crippen molar-refractivity contribution >= 4 is 11.4 Å². The van der Waals surface area contributed by atoms with Crippen molar-refractivity contribution in [2.24, 2.45) is 10.8 Å². The Morgan fingerprint density at radius 2 is 1.86 bits per heavy atom. The van der Waals surface area contributed by atoms with Gasteiger partial charge in [-0.1, -0.05) is 30.3 Å². The average molecular weight is 295 g/mol. The first-order valence-corrected chi connectivity index (χ1v) is 7.56. The molecular weight excluding hydrogens is 274 g/mol. The number of rotatable bonds is 5. The molecule has 114 valence electrons. The van der Waals surface area contributed by atoms with Crippen LogP contribution >= 0.6 is 0 Å². The number of nitrogens with zero attached hydrogens (tertiary/aromatic N) is 2. The first-order chi connectivity index (χ1) is 10.8. The molecule has 0 fully saturated rings. The number of hydrazone groups is 1. The number of methoxy groups -OCH3 is 1. The van der Waals surface area contributed by atoms with Crippen LogP contribution in [0.25, 0.3) is 0 Å². The lowest BCUT2D eigenvalue weighted by Crippen LogP contribution is -2.18. The van der Waals surface area contributed by atoms with Crippen molar-refractivity contribution < 1.29 is 4.74 Å². The highest BCUT2D eigenvalue weighted by molar-refractivity contribution is 5.89. The smallest absolute Gasteiger partial charge is 0.118 e. The summed E-state index contributed by atoms with van der Waals surface area (Å²) in [5.41, 5.74) is 9.20. The van der Waals surface area contributed by atoms with Gasteiger partial charge in [-0.2, -0.15) is 5.10 Å². The van der Waals surface area contributed by atoms with Crippen molar-refractivity contribution in [2.75, 3.05) is 18.7 Å². The fourth-order valence-corrected chi connectivity index (χ4v) is 2.79. The Labute approximate surface area is 131 Å². The number of nitrogens with two attached hydrogens (primary N) is 1. The molecule has 0 aliphatic carbocycles. The number of anilines is 1. The molecule has 0 bridgehead atoms. The molecule has 1 aliphatic rings. The predicted octanol–water partition coefficient (Wildman–Crippen LogP) is 3.35. The molecule has 1 unspecified atom stereocenters. The van der Waals surface area contributed by atoms with Crippen molar-refractivity contribution in [1.29, 1.82) is 0 Å². The maximum atomic E-state index is 5.70. The lowest BCUT2D eigenvalue weighted by Gasteiger charge is -2.24. The predicted molar refractivity (Wildman–Crippen MR) is 90.4 cm³/mol. The second-order valence-electron chi connectivity index (χ2n) is 5.38. The highest BCUT2D eigenvalue weighted by Crippen LogP contribution is 2.36. The van der Waals surface area contributed by atoms with Crippen LogP contribution in [0, 0.1) is 0 Å². The lowest BCUT2D eigenvalue weighted by atomic mass is 10.00. The monoisotopic (exact) mass is 295 g/mol.